The molecule has 20 heavy (non-hydrogen) atoms. The monoisotopic (exact) mass is 393 g/mol. The zero-order valence-electron chi connectivity index (χ0n) is 12.9. The molecule has 0 heterocycles. The van der Waals surface area contributed by atoms with E-state index in [0.717, 1.165) is 27.9 Å². The number of rotatable bonds is 6. The Hall–Kier alpha value is -0.820. The minimum absolute atomic E-state index is 0. The highest BCUT2D eigenvalue weighted by Crippen LogP contribution is 2.23. The van der Waals surface area contributed by atoms with E-state index in [-0.39, 0.29) is 29.9 Å². The van der Waals surface area contributed by atoms with Gasteiger partial charge in [0.2, 0.25) is 0 Å². The molecule has 0 radical (unpaired) electrons. The summed E-state index contributed by atoms with van der Waals surface area (Å²) in [6, 6.07) is 6.09. The van der Waals surface area contributed by atoms with Gasteiger partial charge in [0, 0.05) is 12.0 Å². The molecule has 0 aliphatic carbocycles. The minimum Gasteiger partial charge on any atom is -1.00 e. The summed E-state index contributed by atoms with van der Waals surface area (Å²) >= 11 is 0. The maximum Gasteiger partial charge on any atom is 0.305 e. The molecular formula is C15H24INO3. The van der Waals surface area contributed by atoms with Crippen LogP contribution in [0.4, 0.5) is 0 Å². The van der Waals surface area contributed by atoms with E-state index in [4.69, 9.17) is 4.74 Å². The third-order valence-corrected chi connectivity index (χ3v) is 2.83. The molecular weight excluding hydrogens is 369 g/mol. The topological polar surface area (TPSA) is 35.5 Å². The molecule has 0 saturated heterocycles. The van der Waals surface area contributed by atoms with Crippen molar-refractivity contribution in [1.29, 1.82) is 0 Å². The Kier molecular flexibility index (Phi) is 8.12. The molecule has 0 aliphatic heterocycles. The molecule has 0 saturated carbocycles. The third kappa shape index (κ3) is 6.56. The summed E-state index contributed by atoms with van der Waals surface area (Å²) in [4.78, 5) is 11.2. The second-order valence-electron chi connectivity index (χ2n) is 5.67. The average Bonchev–Trinajstić information content (AvgIpc) is 2.34. The SMILES string of the molecule is COC(=O)CCc1ccc(OC)c(C[N+](C)(C)C)c1.[I-]. The number of carbonyl (C=O) groups is 1. The quantitative estimate of drug-likeness (QED) is 0.354. The van der Waals surface area contributed by atoms with Gasteiger partial charge in [-0.2, -0.15) is 0 Å². The Morgan fingerprint density at radius 1 is 1.20 bits per heavy atom. The maximum absolute atomic E-state index is 11.2. The number of nitrogens with zero attached hydrogens (tertiary/aromatic N) is 1. The van der Waals surface area contributed by atoms with E-state index in [1.54, 1.807) is 7.11 Å². The third-order valence-electron chi connectivity index (χ3n) is 2.83. The van der Waals surface area contributed by atoms with Gasteiger partial charge < -0.3 is 37.9 Å². The summed E-state index contributed by atoms with van der Waals surface area (Å²) in [6.07, 6.45) is 1.10. The highest BCUT2D eigenvalue weighted by Gasteiger charge is 2.14. The van der Waals surface area contributed by atoms with Crippen LogP contribution in [0.3, 0.4) is 0 Å². The zero-order valence-corrected chi connectivity index (χ0v) is 15.1. The van der Waals surface area contributed by atoms with Crippen molar-refractivity contribution in [3.05, 3.63) is 29.3 Å². The van der Waals surface area contributed by atoms with Crippen LogP contribution >= 0.6 is 0 Å². The van der Waals surface area contributed by atoms with Crippen LogP contribution in [0.15, 0.2) is 18.2 Å². The van der Waals surface area contributed by atoms with Crippen molar-refractivity contribution < 1.29 is 42.7 Å². The van der Waals surface area contributed by atoms with Crippen molar-refractivity contribution in [2.24, 2.45) is 0 Å². The molecule has 0 spiro atoms. The lowest BCUT2D eigenvalue weighted by Crippen LogP contribution is -3.00. The molecule has 0 amide bonds. The van der Waals surface area contributed by atoms with E-state index in [1.807, 2.05) is 12.1 Å². The summed E-state index contributed by atoms with van der Waals surface area (Å²) < 4.78 is 10.9. The van der Waals surface area contributed by atoms with Crippen molar-refractivity contribution in [1.82, 2.24) is 0 Å². The van der Waals surface area contributed by atoms with E-state index in [9.17, 15) is 4.79 Å². The molecule has 1 aromatic carbocycles. The van der Waals surface area contributed by atoms with Crippen molar-refractivity contribution in [2.45, 2.75) is 19.4 Å². The molecule has 114 valence electrons. The standard InChI is InChI=1S/C15H24NO3.HI/c1-16(2,3)11-13-10-12(6-8-14(13)18-4)7-9-15(17)19-5;/h6,8,10H,7,9,11H2,1-5H3;1H/q+1;/p-1. The largest absolute Gasteiger partial charge is 1.00 e. The van der Waals surface area contributed by atoms with E-state index < -0.39 is 0 Å². The molecule has 0 aliphatic rings. The Bertz CT molecular complexity index is 441. The van der Waals surface area contributed by atoms with Crippen LogP contribution in [0.1, 0.15) is 17.5 Å². The average molecular weight is 393 g/mol. The first-order chi connectivity index (χ1) is 8.85. The van der Waals surface area contributed by atoms with Crippen molar-refractivity contribution in [2.75, 3.05) is 35.4 Å². The fourth-order valence-electron chi connectivity index (χ4n) is 1.97. The van der Waals surface area contributed by atoms with Gasteiger partial charge >= 0.3 is 5.97 Å². The van der Waals surface area contributed by atoms with Crippen LogP contribution in [-0.4, -0.2) is 45.8 Å². The first-order valence-electron chi connectivity index (χ1n) is 6.39. The predicted molar refractivity (Wildman–Crippen MR) is 75.1 cm³/mol. The number of ether oxygens (including phenoxy) is 2. The first kappa shape index (κ1) is 19.2. The second-order valence-corrected chi connectivity index (χ2v) is 5.67. The van der Waals surface area contributed by atoms with Gasteiger partial charge in [0.05, 0.1) is 35.4 Å². The van der Waals surface area contributed by atoms with Gasteiger partial charge in [-0.1, -0.05) is 6.07 Å². The molecule has 5 heteroatoms. The summed E-state index contributed by atoms with van der Waals surface area (Å²) in [5, 5.41) is 0. The maximum atomic E-state index is 11.2. The number of aryl methyl sites for hydroxylation is 1. The zero-order chi connectivity index (χ0) is 14.5. The van der Waals surface area contributed by atoms with Gasteiger partial charge in [-0.15, -0.1) is 0 Å². The van der Waals surface area contributed by atoms with Crippen molar-refractivity contribution >= 4 is 5.97 Å². The number of methoxy groups -OCH3 is 2. The van der Waals surface area contributed by atoms with Crippen LogP contribution in [-0.2, 0) is 22.5 Å². The fourth-order valence-corrected chi connectivity index (χ4v) is 1.97. The van der Waals surface area contributed by atoms with Crippen LogP contribution in [0, 0.1) is 0 Å². The highest BCUT2D eigenvalue weighted by molar-refractivity contribution is 5.69. The Morgan fingerprint density at radius 2 is 1.85 bits per heavy atom. The Labute approximate surface area is 138 Å². The van der Waals surface area contributed by atoms with E-state index in [1.165, 1.54) is 7.11 Å². The Balaban J connectivity index is 0.00000361. The number of halogens is 1. The molecule has 0 N–H and O–H groups in total. The smallest absolute Gasteiger partial charge is 0.305 e. The first-order valence-corrected chi connectivity index (χ1v) is 6.39. The van der Waals surface area contributed by atoms with Gasteiger partial charge in [-0.05, 0) is 24.1 Å². The summed E-state index contributed by atoms with van der Waals surface area (Å²) in [5.74, 6) is 0.721. The van der Waals surface area contributed by atoms with Crippen LogP contribution in [0.5, 0.6) is 5.75 Å². The van der Waals surface area contributed by atoms with Crippen molar-refractivity contribution in [3.8, 4) is 5.75 Å². The lowest BCUT2D eigenvalue weighted by molar-refractivity contribution is -0.884. The molecule has 0 fully saturated rings. The van der Waals surface area contributed by atoms with Gasteiger partial charge in [0.15, 0.2) is 0 Å². The number of benzene rings is 1. The van der Waals surface area contributed by atoms with Gasteiger partial charge in [0.25, 0.3) is 0 Å². The van der Waals surface area contributed by atoms with Crippen LogP contribution in [0.25, 0.3) is 0 Å². The summed E-state index contributed by atoms with van der Waals surface area (Å²) in [7, 11) is 9.52. The molecule has 1 aromatic rings. The molecule has 1 rings (SSSR count). The minimum atomic E-state index is -0.177. The van der Waals surface area contributed by atoms with Crippen LogP contribution in [0.2, 0.25) is 0 Å². The van der Waals surface area contributed by atoms with E-state index >= 15 is 0 Å². The van der Waals surface area contributed by atoms with E-state index in [0.29, 0.717) is 12.8 Å². The van der Waals surface area contributed by atoms with Gasteiger partial charge in [-0.3, -0.25) is 4.79 Å². The number of hydrogen-bond donors (Lipinski definition) is 0. The number of hydrogen-bond acceptors (Lipinski definition) is 3. The molecule has 0 unspecified atom stereocenters. The van der Waals surface area contributed by atoms with Crippen LogP contribution < -0.4 is 28.7 Å². The highest BCUT2D eigenvalue weighted by atomic mass is 127. The number of carbonyl (C=O) groups excluding carboxylic acids is 1. The molecule has 0 aromatic heterocycles. The molecule has 0 atom stereocenters. The predicted octanol–water partition coefficient (Wildman–Crippen LogP) is -0.989. The second kappa shape index (κ2) is 8.46. The number of esters is 1. The number of quaternary nitrogens is 1. The lowest BCUT2D eigenvalue weighted by Gasteiger charge is -2.25. The molecule has 4 nitrogen and oxygen atoms in total. The lowest BCUT2D eigenvalue weighted by atomic mass is 10.0. The fraction of sp³-hybridized carbons (Fsp3) is 0.533. The normalized spacial score (nSPS) is 10.7. The molecule has 0 bridgehead atoms. The summed E-state index contributed by atoms with van der Waals surface area (Å²) in [5.41, 5.74) is 2.30. The Morgan fingerprint density at radius 3 is 2.35 bits per heavy atom. The van der Waals surface area contributed by atoms with Gasteiger partial charge in [-0.25, -0.2) is 0 Å². The van der Waals surface area contributed by atoms with E-state index in [2.05, 4.69) is 31.9 Å². The summed E-state index contributed by atoms with van der Waals surface area (Å²) in [6.45, 7) is 0.884. The van der Waals surface area contributed by atoms with Crippen molar-refractivity contribution in [3.63, 3.8) is 0 Å². The van der Waals surface area contributed by atoms with Gasteiger partial charge in [0.1, 0.15) is 12.3 Å².